The monoisotopic (exact) mass is 749 g/mol. The zero-order chi connectivity index (χ0) is 39.1. The molecule has 0 fully saturated rings. The molecular weight excluding hydrogens is 686 g/mol. The van der Waals surface area contributed by atoms with Gasteiger partial charge in [-0.1, -0.05) is 19.3 Å². The van der Waals surface area contributed by atoms with Gasteiger partial charge in [-0.15, -0.1) is 0 Å². The SMILES string of the molecule is CC(C)(C)OC(=O)NC(CSCCCCCCCC(=O)NCCOCCOCC(=O)NC(CCC(=O)O)C(=O)OC(C)(C)C)C(=O)OC(C)(C)C. The van der Waals surface area contributed by atoms with Crippen LogP contribution < -0.4 is 16.0 Å². The summed E-state index contributed by atoms with van der Waals surface area (Å²) >= 11 is 1.56. The third-order valence-electron chi connectivity index (χ3n) is 6.21. The van der Waals surface area contributed by atoms with Crippen molar-refractivity contribution in [3.8, 4) is 0 Å². The van der Waals surface area contributed by atoms with Crippen molar-refractivity contribution < 1.29 is 57.6 Å². The van der Waals surface area contributed by atoms with Crippen LogP contribution in [0.3, 0.4) is 0 Å². The molecule has 0 saturated heterocycles. The molecule has 16 heteroatoms. The molecule has 296 valence electrons. The number of hydrogen-bond acceptors (Lipinski definition) is 12. The second-order valence-corrected chi connectivity index (χ2v) is 16.1. The van der Waals surface area contributed by atoms with Crippen molar-refractivity contribution in [3.63, 3.8) is 0 Å². The minimum atomic E-state index is -1.10. The van der Waals surface area contributed by atoms with Gasteiger partial charge in [0, 0.05) is 25.1 Å². The summed E-state index contributed by atoms with van der Waals surface area (Å²) in [7, 11) is 0. The van der Waals surface area contributed by atoms with Crippen LogP contribution >= 0.6 is 11.8 Å². The quantitative estimate of drug-likeness (QED) is 0.0590. The lowest BCUT2D eigenvalue weighted by Crippen LogP contribution is -2.47. The molecule has 15 nitrogen and oxygen atoms in total. The minimum Gasteiger partial charge on any atom is -0.481 e. The maximum atomic E-state index is 12.6. The van der Waals surface area contributed by atoms with Gasteiger partial charge in [0.05, 0.1) is 19.8 Å². The van der Waals surface area contributed by atoms with Crippen molar-refractivity contribution in [3.05, 3.63) is 0 Å². The lowest BCUT2D eigenvalue weighted by atomic mass is 10.1. The molecular formula is C35H63N3O12S. The van der Waals surface area contributed by atoms with Gasteiger partial charge in [0.15, 0.2) is 0 Å². The van der Waals surface area contributed by atoms with Gasteiger partial charge in [-0.3, -0.25) is 14.4 Å². The summed E-state index contributed by atoms with van der Waals surface area (Å²) in [6, 6.07) is -1.92. The number of nitrogens with one attached hydrogen (secondary N) is 3. The maximum absolute atomic E-state index is 12.6. The fraction of sp³-hybridized carbons (Fsp3) is 0.829. The molecule has 4 N–H and O–H groups in total. The summed E-state index contributed by atoms with van der Waals surface area (Å²) < 4.78 is 26.7. The van der Waals surface area contributed by atoms with Gasteiger partial charge in [0.2, 0.25) is 11.8 Å². The highest BCUT2D eigenvalue weighted by Crippen LogP contribution is 2.15. The number of carbonyl (C=O) groups excluding carboxylic acids is 5. The average Bonchev–Trinajstić information content (AvgIpc) is 2.96. The van der Waals surface area contributed by atoms with Crippen molar-refractivity contribution in [2.24, 2.45) is 0 Å². The van der Waals surface area contributed by atoms with Crippen LogP contribution in [-0.2, 0) is 47.7 Å². The Labute approximate surface area is 307 Å². The van der Waals surface area contributed by atoms with Crippen molar-refractivity contribution in [2.45, 2.75) is 143 Å². The first kappa shape index (κ1) is 47.9. The molecule has 3 amide bonds. The molecule has 0 aromatic carbocycles. The summed E-state index contributed by atoms with van der Waals surface area (Å²) in [5, 5.41) is 16.8. The Balaban J connectivity index is 4.05. The van der Waals surface area contributed by atoms with E-state index in [0.717, 1.165) is 37.9 Å². The highest BCUT2D eigenvalue weighted by molar-refractivity contribution is 7.99. The number of amides is 3. The minimum absolute atomic E-state index is 0.0600. The smallest absolute Gasteiger partial charge is 0.408 e. The summed E-state index contributed by atoms with van der Waals surface area (Å²) in [6.45, 7) is 16.2. The van der Waals surface area contributed by atoms with E-state index < -0.39 is 58.8 Å². The Morgan fingerprint density at radius 2 is 1.18 bits per heavy atom. The number of aliphatic carboxylic acids is 1. The van der Waals surface area contributed by atoms with Crippen LogP contribution in [0.25, 0.3) is 0 Å². The Bertz CT molecular complexity index is 1080. The van der Waals surface area contributed by atoms with Gasteiger partial charge < -0.3 is 44.7 Å². The van der Waals surface area contributed by atoms with Crippen LogP contribution in [0.1, 0.15) is 114 Å². The Morgan fingerprint density at radius 1 is 0.627 bits per heavy atom. The number of esters is 2. The number of ether oxygens (including phenoxy) is 5. The third-order valence-corrected chi connectivity index (χ3v) is 7.35. The molecule has 2 atom stereocenters. The molecule has 0 heterocycles. The molecule has 0 aliphatic carbocycles. The predicted octanol–water partition coefficient (Wildman–Crippen LogP) is 4.14. The zero-order valence-electron chi connectivity index (χ0n) is 32.1. The van der Waals surface area contributed by atoms with Gasteiger partial charge in [-0.05, 0) is 87.3 Å². The van der Waals surface area contributed by atoms with E-state index in [2.05, 4.69) is 16.0 Å². The second-order valence-electron chi connectivity index (χ2n) is 14.9. The predicted molar refractivity (Wildman–Crippen MR) is 193 cm³/mol. The molecule has 0 aliphatic heterocycles. The Hall–Kier alpha value is -3.11. The number of rotatable bonds is 25. The van der Waals surface area contributed by atoms with Crippen molar-refractivity contribution in [2.75, 3.05) is 44.5 Å². The Kier molecular flexibility index (Phi) is 23.4. The summed E-state index contributed by atoms with van der Waals surface area (Å²) in [4.78, 5) is 72.4. The number of alkyl carbamates (subject to hydrolysis) is 1. The van der Waals surface area contributed by atoms with E-state index >= 15 is 0 Å². The molecule has 0 aliphatic rings. The fourth-order valence-electron chi connectivity index (χ4n) is 4.07. The molecule has 0 spiro atoms. The van der Waals surface area contributed by atoms with Crippen molar-refractivity contribution in [1.29, 1.82) is 0 Å². The number of hydrogen-bond donors (Lipinski definition) is 4. The number of carboxylic acids is 1. The average molecular weight is 750 g/mol. The molecule has 51 heavy (non-hydrogen) atoms. The van der Waals surface area contributed by atoms with E-state index in [1.165, 1.54) is 0 Å². The first-order chi connectivity index (χ1) is 23.6. The second kappa shape index (κ2) is 25.0. The van der Waals surface area contributed by atoms with Crippen LogP contribution in [0.15, 0.2) is 0 Å². The maximum Gasteiger partial charge on any atom is 0.408 e. The van der Waals surface area contributed by atoms with E-state index in [4.69, 9.17) is 28.8 Å². The number of carbonyl (C=O) groups is 6. The van der Waals surface area contributed by atoms with Gasteiger partial charge >= 0.3 is 24.0 Å². The molecule has 2 unspecified atom stereocenters. The largest absolute Gasteiger partial charge is 0.481 e. The van der Waals surface area contributed by atoms with Crippen LogP contribution in [0.2, 0.25) is 0 Å². The van der Waals surface area contributed by atoms with Crippen LogP contribution in [0.5, 0.6) is 0 Å². The van der Waals surface area contributed by atoms with E-state index in [9.17, 15) is 28.8 Å². The summed E-state index contributed by atoms with van der Waals surface area (Å²) in [5.41, 5.74) is -2.14. The lowest BCUT2D eigenvalue weighted by Gasteiger charge is -2.26. The molecule has 0 aromatic heterocycles. The Morgan fingerprint density at radius 3 is 1.76 bits per heavy atom. The highest BCUT2D eigenvalue weighted by Gasteiger charge is 2.29. The van der Waals surface area contributed by atoms with Crippen LogP contribution in [0.4, 0.5) is 4.79 Å². The molecule has 0 saturated carbocycles. The van der Waals surface area contributed by atoms with Gasteiger partial charge in [-0.2, -0.15) is 11.8 Å². The molecule has 0 bridgehead atoms. The molecule has 0 rings (SSSR count). The highest BCUT2D eigenvalue weighted by atomic mass is 32.2. The topological polar surface area (TPSA) is 205 Å². The van der Waals surface area contributed by atoms with E-state index in [0.29, 0.717) is 18.7 Å². The number of unbranched alkanes of at least 4 members (excludes halogenated alkanes) is 4. The van der Waals surface area contributed by atoms with E-state index in [-0.39, 0.29) is 45.2 Å². The van der Waals surface area contributed by atoms with E-state index in [1.807, 2.05) is 0 Å². The number of thioether (sulfide) groups is 1. The standard InChI is InChI=1S/C35H63N3O12S/c1-33(2,3)48-30(43)25(16-17-29(41)42)37-28(40)23-47-21-20-46-19-18-36-27(39)15-13-11-10-12-14-22-51-24-26(31(44)49-34(4,5)6)38-32(45)50-35(7,8)9/h25-26H,10-24H2,1-9H3,(H,36,39)(H,37,40)(H,38,45)(H,41,42). The third kappa shape index (κ3) is 30.2. The normalized spacial score (nSPS) is 13.0. The fourth-order valence-corrected chi connectivity index (χ4v) is 5.10. The molecule has 0 radical (unpaired) electrons. The first-order valence-corrected chi connectivity index (χ1v) is 18.7. The van der Waals surface area contributed by atoms with Gasteiger partial charge in [0.1, 0.15) is 35.5 Å². The van der Waals surface area contributed by atoms with Crippen LogP contribution in [0, 0.1) is 0 Å². The van der Waals surface area contributed by atoms with Crippen LogP contribution in [-0.4, -0.2) is 114 Å². The van der Waals surface area contributed by atoms with Gasteiger partial charge in [-0.25, -0.2) is 14.4 Å². The number of carboxylic acid groups (broad SMARTS) is 1. The molecule has 0 aromatic rings. The lowest BCUT2D eigenvalue weighted by molar-refractivity contribution is -0.159. The first-order valence-electron chi connectivity index (χ1n) is 17.5. The van der Waals surface area contributed by atoms with Crippen molar-refractivity contribution in [1.82, 2.24) is 16.0 Å². The summed E-state index contributed by atoms with van der Waals surface area (Å²) in [6.07, 6.45) is 3.92. The van der Waals surface area contributed by atoms with Crippen molar-refractivity contribution >= 4 is 47.6 Å². The zero-order valence-corrected chi connectivity index (χ0v) is 32.9. The van der Waals surface area contributed by atoms with Gasteiger partial charge in [0.25, 0.3) is 0 Å². The van der Waals surface area contributed by atoms with E-state index in [1.54, 1.807) is 74.1 Å². The summed E-state index contributed by atoms with van der Waals surface area (Å²) in [5.74, 6) is -1.76.